The summed E-state index contributed by atoms with van der Waals surface area (Å²) in [7, 11) is 0. The molecule has 1 aliphatic rings. The molecule has 1 N–H and O–H groups in total. The van der Waals surface area contributed by atoms with E-state index in [9.17, 15) is 0 Å². The van der Waals surface area contributed by atoms with Crippen LogP contribution < -0.4 is 5.32 Å². The standard InChI is InChI=1S/C13H13N.ClH/c1-2-6-12-10(4-1)5-3-7-13(12)11-8-14-9-11;/h1-7,11,14H,8-9H2;1H. The fourth-order valence-electron chi connectivity index (χ4n) is 2.12. The molecule has 3 rings (SSSR count). The topological polar surface area (TPSA) is 12.0 Å². The second-order valence-corrected chi connectivity index (χ2v) is 3.92. The molecule has 2 aromatic rings. The van der Waals surface area contributed by atoms with E-state index in [4.69, 9.17) is 0 Å². The highest BCUT2D eigenvalue weighted by molar-refractivity contribution is 5.86. The zero-order valence-electron chi connectivity index (χ0n) is 8.44. The van der Waals surface area contributed by atoms with Crippen molar-refractivity contribution < 1.29 is 0 Å². The molecule has 0 spiro atoms. The summed E-state index contributed by atoms with van der Waals surface area (Å²) >= 11 is 0. The monoisotopic (exact) mass is 219 g/mol. The Labute approximate surface area is 95.9 Å². The van der Waals surface area contributed by atoms with Gasteiger partial charge in [-0.15, -0.1) is 12.4 Å². The van der Waals surface area contributed by atoms with Crippen LogP contribution in [0.3, 0.4) is 0 Å². The molecule has 1 aliphatic heterocycles. The molecule has 1 nitrogen and oxygen atoms in total. The summed E-state index contributed by atoms with van der Waals surface area (Å²) < 4.78 is 0. The molecule has 2 heteroatoms. The van der Waals surface area contributed by atoms with E-state index in [1.807, 2.05) is 0 Å². The first-order valence-corrected chi connectivity index (χ1v) is 5.13. The summed E-state index contributed by atoms with van der Waals surface area (Å²) in [5, 5.41) is 6.10. The van der Waals surface area contributed by atoms with Crippen LogP contribution in [0, 0.1) is 0 Å². The van der Waals surface area contributed by atoms with Gasteiger partial charge in [-0.1, -0.05) is 42.5 Å². The van der Waals surface area contributed by atoms with Crippen LogP contribution in [0.4, 0.5) is 0 Å². The van der Waals surface area contributed by atoms with Crippen molar-refractivity contribution in [1.82, 2.24) is 5.32 Å². The van der Waals surface area contributed by atoms with Gasteiger partial charge in [-0.2, -0.15) is 0 Å². The fraction of sp³-hybridized carbons (Fsp3) is 0.231. The molecule has 0 amide bonds. The Balaban J connectivity index is 0.000000853. The van der Waals surface area contributed by atoms with Gasteiger partial charge in [-0.05, 0) is 16.3 Å². The smallest absolute Gasteiger partial charge is 0.00947 e. The van der Waals surface area contributed by atoms with E-state index in [2.05, 4.69) is 47.8 Å². The van der Waals surface area contributed by atoms with Gasteiger partial charge in [-0.25, -0.2) is 0 Å². The van der Waals surface area contributed by atoms with E-state index in [0.29, 0.717) is 0 Å². The van der Waals surface area contributed by atoms with Crippen molar-refractivity contribution >= 4 is 23.2 Å². The molecule has 15 heavy (non-hydrogen) atoms. The largest absolute Gasteiger partial charge is 0.315 e. The minimum Gasteiger partial charge on any atom is -0.315 e. The van der Waals surface area contributed by atoms with Crippen molar-refractivity contribution in [3.63, 3.8) is 0 Å². The Bertz CT molecular complexity index is 458. The lowest BCUT2D eigenvalue weighted by atomic mass is 9.89. The molecule has 1 fully saturated rings. The maximum Gasteiger partial charge on any atom is 0.00947 e. The molecule has 1 saturated heterocycles. The molecule has 2 aromatic carbocycles. The summed E-state index contributed by atoms with van der Waals surface area (Å²) in [6.07, 6.45) is 0. The Morgan fingerprint density at radius 2 is 1.67 bits per heavy atom. The van der Waals surface area contributed by atoms with Gasteiger partial charge in [0.25, 0.3) is 0 Å². The molecule has 0 aliphatic carbocycles. The number of rotatable bonds is 1. The van der Waals surface area contributed by atoms with Crippen molar-refractivity contribution in [3.8, 4) is 0 Å². The Kier molecular flexibility index (Phi) is 2.94. The maximum absolute atomic E-state index is 3.32. The molecule has 0 unspecified atom stereocenters. The van der Waals surface area contributed by atoms with Gasteiger partial charge in [0.1, 0.15) is 0 Å². The van der Waals surface area contributed by atoms with Crippen LogP contribution in [0.2, 0.25) is 0 Å². The number of hydrogen-bond donors (Lipinski definition) is 1. The Morgan fingerprint density at radius 3 is 2.40 bits per heavy atom. The molecule has 1 heterocycles. The van der Waals surface area contributed by atoms with Gasteiger partial charge < -0.3 is 5.32 Å². The number of benzene rings is 2. The van der Waals surface area contributed by atoms with Crippen LogP contribution in [0.5, 0.6) is 0 Å². The second kappa shape index (κ2) is 4.21. The molecular formula is C13H14ClN. The van der Waals surface area contributed by atoms with Crippen molar-refractivity contribution in [2.75, 3.05) is 13.1 Å². The van der Waals surface area contributed by atoms with Crippen LogP contribution in [-0.4, -0.2) is 13.1 Å². The first-order chi connectivity index (χ1) is 6.95. The number of halogens is 1. The average Bonchev–Trinajstić information content (AvgIpc) is 2.16. The van der Waals surface area contributed by atoms with E-state index in [1.165, 1.54) is 16.3 Å². The quantitative estimate of drug-likeness (QED) is 0.778. The van der Waals surface area contributed by atoms with E-state index in [1.54, 1.807) is 0 Å². The zero-order chi connectivity index (χ0) is 9.38. The molecule has 0 bridgehead atoms. The summed E-state index contributed by atoms with van der Waals surface area (Å²) in [5.74, 6) is 0.723. The second-order valence-electron chi connectivity index (χ2n) is 3.92. The molecule has 0 radical (unpaired) electrons. The highest BCUT2D eigenvalue weighted by Crippen LogP contribution is 2.27. The lowest BCUT2D eigenvalue weighted by molar-refractivity contribution is 0.451. The zero-order valence-corrected chi connectivity index (χ0v) is 9.26. The van der Waals surface area contributed by atoms with Gasteiger partial charge in [0.2, 0.25) is 0 Å². The van der Waals surface area contributed by atoms with Crippen LogP contribution >= 0.6 is 12.4 Å². The van der Waals surface area contributed by atoms with Gasteiger partial charge >= 0.3 is 0 Å². The molecule has 78 valence electrons. The third kappa shape index (κ3) is 1.73. The van der Waals surface area contributed by atoms with Crippen molar-refractivity contribution in [1.29, 1.82) is 0 Å². The van der Waals surface area contributed by atoms with Gasteiger partial charge in [0.05, 0.1) is 0 Å². The SMILES string of the molecule is Cl.c1ccc2c(C3CNC3)cccc2c1. The van der Waals surface area contributed by atoms with Crippen LogP contribution in [0.25, 0.3) is 10.8 Å². The normalized spacial score (nSPS) is 15.7. The number of nitrogens with one attached hydrogen (secondary N) is 1. The molecule has 0 aromatic heterocycles. The molecule has 0 atom stereocenters. The van der Waals surface area contributed by atoms with E-state index >= 15 is 0 Å². The Hall–Kier alpha value is -1.05. The fourth-order valence-corrected chi connectivity index (χ4v) is 2.12. The van der Waals surface area contributed by atoms with Gasteiger partial charge in [0.15, 0.2) is 0 Å². The lowest BCUT2D eigenvalue weighted by Gasteiger charge is -2.28. The average molecular weight is 220 g/mol. The highest BCUT2D eigenvalue weighted by atomic mass is 35.5. The summed E-state index contributed by atoms with van der Waals surface area (Å²) in [5.41, 5.74) is 1.50. The minimum atomic E-state index is 0. The highest BCUT2D eigenvalue weighted by Gasteiger charge is 2.20. The first kappa shape index (κ1) is 10.5. The minimum absolute atomic E-state index is 0. The van der Waals surface area contributed by atoms with E-state index in [-0.39, 0.29) is 12.4 Å². The van der Waals surface area contributed by atoms with Crippen molar-refractivity contribution in [2.24, 2.45) is 0 Å². The summed E-state index contributed by atoms with van der Waals surface area (Å²) in [6.45, 7) is 2.27. The summed E-state index contributed by atoms with van der Waals surface area (Å²) in [4.78, 5) is 0. The maximum atomic E-state index is 3.32. The predicted octanol–water partition coefficient (Wildman–Crippen LogP) is 2.95. The predicted molar refractivity (Wildman–Crippen MR) is 66.8 cm³/mol. The van der Waals surface area contributed by atoms with Gasteiger partial charge in [0, 0.05) is 19.0 Å². The van der Waals surface area contributed by atoms with E-state index < -0.39 is 0 Å². The van der Waals surface area contributed by atoms with Crippen LogP contribution in [0.1, 0.15) is 11.5 Å². The van der Waals surface area contributed by atoms with Crippen LogP contribution in [0.15, 0.2) is 42.5 Å². The third-order valence-corrected chi connectivity index (χ3v) is 3.04. The molecular weight excluding hydrogens is 206 g/mol. The van der Waals surface area contributed by atoms with Gasteiger partial charge in [-0.3, -0.25) is 0 Å². The number of hydrogen-bond acceptors (Lipinski definition) is 1. The van der Waals surface area contributed by atoms with Crippen LogP contribution in [-0.2, 0) is 0 Å². The number of fused-ring (bicyclic) bond motifs is 1. The lowest BCUT2D eigenvalue weighted by Crippen LogP contribution is -2.39. The summed E-state index contributed by atoms with van der Waals surface area (Å²) in [6, 6.07) is 15.2. The van der Waals surface area contributed by atoms with Crippen molar-refractivity contribution in [3.05, 3.63) is 48.0 Å². The van der Waals surface area contributed by atoms with E-state index in [0.717, 1.165) is 19.0 Å². The molecule has 0 saturated carbocycles. The third-order valence-electron chi connectivity index (χ3n) is 3.04. The van der Waals surface area contributed by atoms with Crippen molar-refractivity contribution in [2.45, 2.75) is 5.92 Å². The Morgan fingerprint density at radius 1 is 0.933 bits per heavy atom. The first-order valence-electron chi connectivity index (χ1n) is 5.13.